The standard InChI is InChI=1S/C15H19N3S/c16-15-14-13(10-6-3-4-7-11(10)19-14)17-12-8-2-1-5-9-18(12)15/h16H,1-9H2. The van der Waals surface area contributed by atoms with Crippen molar-refractivity contribution in [2.24, 2.45) is 0 Å². The summed E-state index contributed by atoms with van der Waals surface area (Å²) >= 11 is 1.84. The molecule has 2 aromatic heterocycles. The Bertz CT molecular complexity index is 695. The van der Waals surface area contributed by atoms with Gasteiger partial charge in [-0.05, 0) is 44.1 Å². The molecule has 1 N–H and O–H groups in total. The van der Waals surface area contributed by atoms with Crippen LogP contribution in [0, 0.1) is 5.41 Å². The third-order valence-electron chi connectivity index (χ3n) is 4.46. The van der Waals surface area contributed by atoms with Gasteiger partial charge in [-0.1, -0.05) is 6.42 Å². The molecule has 0 atom stereocenters. The van der Waals surface area contributed by atoms with Gasteiger partial charge in [0.05, 0.1) is 10.2 Å². The van der Waals surface area contributed by atoms with E-state index in [-0.39, 0.29) is 0 Å². The maximum absolute atomic E-state index is 8.53. The molecule has 0 bridgehead atoms. The molecular weight excluding hydrogens is 254 g/mol. The van der Waals surface area contributed by atoms with Crippen LogP contribution in [0.4, 0.5) is 0 Å². The van der Waals surface area contributed by atoms with Crippen molar-refractivity contribution in [2.75, 3.05) is 0 Å². The van der Waals surface area contributed by atoms with Gasteiger partial charge >= 0.3 is 0 Å². The highest BCUT2D eigenvalue weighted by molar-refractivity contribution is 7.19. The normalized spacial score (nSPS) is 18.9. The van der Waals surface area contributed by atoms with Crippen LogP contribution in [-0.4, -0.2) is 9.55 Å². The molecule has 3 nitrogen and oxygen atoms in total. The second-order valence-corrected chi connectivity index (χ2v) is 6.83. The summed E-state index contributed by atoms with van der Waals surface area (Å²) < 4.78 is 3.30. The van der Waals surface area contributed by atoms with Crippen molar-refractivity contribution >= 4 is 21.6 Å². The fourth-order valence-electron chi connectivity index (χ4n) is 3.43. The smallest absolute Gasteiger partial charge is 0.146 e. The van der Waals surface area contributed by atoms with Gasteiger partial charge < -0.3 is 4.57 Å². The van der Waals surface area contributed by atoms with E-state index < -0.39 is 0 Å². The van der Waals surface area contributed by atoms with Gasteiger partial charge in [-0.2, -0.15) is 0 Å². The van der Waals surface area contributed by atoms with E-state index in [9.17, 15) is 0 Å². The monoisotopic (exact) mass is 273 g/mol. The Labute approximate surface area is 116 Å². The van der Waals surface area contributed by atoms with Gasteiger partial charge in [-0.3, -0.25) is 5.41 Å². The fourth-order valence-corrected chi connectivity index (χ4v) is 4.72. The molecule has 1 aliphatic carbocycles. The van der Waals surface area contributed by atoms with Crippen LogP contribution in [0.15, 0.2) is 0 Å². The summed E-state index contributed by atoms with van der Waals surface area (Å²) in [6, 6.07) is 0. The summed E-state index contributed by atoms with van der Waals surface area (Å²) in [5.41, 5.74) is 3.35. The summed E-state index contributed by atoms with van der Waals surface area (Å²) in [6.45, 7) is 0.986. The molecule has 0 saturated heterocycles. The maximum Gasteiger partial charge on any atom is 0.146 e. The van der Waals surface area contributed by atoms with E-state index in [1.165, 1.54) is 55.4 Å². The van der Waals surface area contributed by atoms with Crippen LogP contribution < -0.4 is 5.49 Å². The summed E-state index contributed by atoms with van der Waals surface area (Å²) in [7, 11) is 0. The molecule has 0 radical (unpaired) electrons. The van der Waals surface area contributed by atoms with E-state index in [1.807, 2.05) is 11.3 Å². The average molecular weight is 273 g/mol. The van der Waals surface area contributed by atoms with Crippen molar-refractivity contribution in [2.45, 2.75) is 57.9 Å². The lowest BCUT2D eigenvalue weighted by Gasteiger charge is -2.12. The van der Waals surface area contributed by atoms with Crippen LogP contribution in [0.5, 0.6) is 0 Å². The number of aromatic nitrogens is 2. The molecule has 4 heteroatoms. The van der Waals surface area contributed by atoms with Crippen LogP contribution in [0.2, 0.25) is 0 Å². The number of nitrogens with one attached hydrogen (secondary N) is 1. The van der Waals surface area contributed by atoms with E-state index >= 15 is 0 Å². The number of hydrogen-bond donors (Lipinski definition) is 1. The third-order valence-corrected chi connectivity index (χ3v) is 5.75. The molecule has 2 aliphatic rings. The van der Waals surface area contributed by atoms with Gasteiger partial charge in [0.1, 0.15) is 11.3 Å². The number of aryl methyl sites for hydroxylation is 3. The van der Waals surface area contributed by atoms with Gasteiger partial charge in [0.2, 0.25) is 0 Å². The number of thiophene rings is 1. The molecule has 4 rings (SSSR count). The van der Waals surface area contributed by atoms with Crippen LogP contribution in [0.1, 0.15) is 48.4 Å². The number of fused-ring (bicyclic) bond motifs is 4. The highest BCUT2D eigenvalue weighted by Crippen LogP contribution is 2.34. The minimum atomic E-state index is 0.723. The van der Waals surface area contributed by atoms with E-state index in [0.29, 0.717) is 0 Å². The van der Waals surface area contributed by atoms with Crippen LogP contribution in [-0.2, 0) is 25.8 Å². The molecule has 19 heavy (non-hydrogen) atoms. The van der Waals surface area contributed by atoms with Crippen LogP contribution in [0.3, 0.4) is 0 Å². The Morgan fingerprint density at radius 3 is 2.79 bits per heavy atom. The molecule has 100 valence electrons. The highest BCUT2D eigenvalue weighted by Gasteiger charge is 2.20. The van der Waals surface area contributed by atoms with Gasteiger partial charge in [0.25, 0.3) is 0 Å². The third kappa shape index (κ3) is 1.76. The molecule has 0 fully saturated rings. The first-order chi connectivity index (χ1) is 9.34. The second-order valence-electron chi connectivity index (χ2n) is 5.73. The van der Waals surface area contributed by atoms with Crippen molar-refractivity contribution in [3.8, 4) is 0 Å². The molecule has 0 amide bonds. The zero-order chi connectivity index (χ0) is 12.8. The zero-order valence-corrected chi connectivity index (χ0v) is 12.0. The Hall–Kier alpha value is -1.16. The van der Waals surface area contributed by atoms with E-state index in [0.717, 1.165) is 34.5 Å². The van der Waals surface area contributed by atoms with E-state index in [1.54, 1.807) is 0 Å². The van der Waals surface area contributed by atoms with Crippen molar-refractivity contribution < 1.29 is 0 Å². The predicted molar refractivity (Wildman–Crippen MR) is 77.7 cm³/mol. The number of rotatable bonds is 0. The first-order valence-electron chi connectivity index (χ1n) is 7.43. The highest BCUT2D eigenvalue weighted by atomic mass is 32.1. The molecule has 3 heterocycles. The predicted octanol–water partition coefficient (Wildman–Crippen LogP) is 3.18. The molecule has 1 aliphatic heterocycles. The second kappa shape index (κ2) is 4.44. The van der Waals surface area contributed by atoms with Crippen molar-refractivity contribution in [3.63, 3.8) is 0 Å². The Balaban J connectivity index is 2.02. The lowest BCUT2D eigenvalue weighted by molar-refractivity contribution is 0.603. The summed E-state index contributed by atoms with van der Waals surface area (Å²) in [4.78, 5) is 6.47. The zero-order valence-electron chi connectivity index (χ0n) is 11.2. The number of hydrogen-bond acceptors (Lipinski definition) is 3. The van der Waals surface area contributed by atoms with Crippen LogP contribution in [0.25, 0.3) is 10.2 Å². The summed E-state index contributed by atoms with van der Waals surface area (Å²) in [5.74, 6) is 1.15. The Kier molecular flexibility index (Phi) is 2.72. The maximum atomic E-state index is 8.53. The van der Waals surface area contributed by atoms with Gasteiger partial charge in [0, 0.05) is 17.8 Å². The fraction of sp³-hybridized carbons (Fsp3) is 0.600. The van der Waals surface area contributed by atoms with Gasteiger partial charge in [0.15, 0.2) is 0 Å². The molecule has 2 aromatic rings. The first kappa shape index (κ1) is 11.6. The molecule has 0 unspecified atom stereocenters. The Morgan fingerprint density at radius 1 is 1.00 bits per heavy atom. The topological polar surface area (TPSA) is 41.7 Å². The molecule has 0 spiro atoms. The minimum Gasteiger partial charge on any atom is -0.314 e. The van der Waals surface area contributed by atoms with Crippen LogP contribution >= 0.6 is 11.3 Å². The molecule has 0 saturated carbocycles. The van der Waals surface area contributed by atoms with E-state index in [2.05, 4.69) is 4.57 Å². The number of nitrogens with zero attached hydrogens (tertiary/aromatic N) is 2. The SMILES string of the molecule is N=c1c2sc3c(c2nc2n1CCCCC2)CCCC3. The Morgan fingerprint density at radius 2 is 1.84 bits per heavy atom. The summed E-state index contributed by atoms with van der Waals surface area (Å²) in [5, 5.41) is 8.53. The van der Waals surface area contributed by atoms with Crippen molar-refractivity contribution in [3.05, 3.63) is 21.8 Å². The lowest BCUT2D eigenvalue weighted by Crippen LogP contribution is -2.24. The van der Waals surface area contributed by atoms with Crippen molar-refractivity contribution in [1.82, 2.24) is 9.55 Å². The molecular formula is C15H19N3S. The van der Waals surface area contributed by atoms with Gasteiger partial charge in [-0.15, -0.1) is 11.3 Å². The van der Waals surface area contributed by atoms with Crippen molar-refractivity contribution in [1.29, 1.82) is 5.41 Å². The summed E-state index contributed by atoms with van der Waals surface area (Å²) in [6.07, 6.45) is 9.71. The molecule has 0 aromatic carbocycles. The first-order valence-corrected chi connectivity index (χ1v) is 8.25. The average Bonchev–Trinajstić information content (AvgIpc) is 2.64. The quantitative estimate of drug-likeness (QED) is 0.787. The minimum absolute atomic E-state index is 0.723. The largest absolute Gasteiger partial charge is 0.314 e. The lowest BCUT2D eigenvalue weighted by atomic mass is 9.98. The van der Waals surface area contributed by atoms with Gasteiger partial charge in [-0.25, -0.2) is 4.98 Å². The van der Waals surface area contributed by atoms with E-state index in [4.69, 9.17) is 10.4 Å².